The molecule has 8 heteroatoms. The van der Waals surface area contributed by atoms with Crippen LogP contribution in [-0.2, 0) is 23.9 Å². The van der Waals surface area contributed by atoms with Gasteiger partial charge in [0.25, 0.3) is 0 Å². The van der Waals surface area contributed by atoms with Gasteiger partial charge in [-0.2, -0.15) is 0 Å². The fraction of sp³-hybridized carbons (Fsp3) is 0.800. The molecule has 2 fully saturated rings. The summed E-state index contributed by atoms with van der Waals surface area (Å²) in [5.74, 6) is -3.08. The maximum Gasteiger partial charge on any atom is 1.00 e. The van der Waals surface area contributed by atoms with Crippen molar-refractivity contribution in [2.24, 2.45) is 11.8 Å². The maximum atomic E-state index is 11.6. The van der Waals surface area contributed by atoms with Crippen molar-refractivity contribution in [3.8, 4) is 0 Å². The molecule has 2 saturated carbocycles. The summed E-state index contributed by atoms with van der Waals surface area (Å²) in [6, 6.07) is 0. The number of carbonyl (C=O) groups is 4. The van der Waals surface area contributed by atoms with Crippen molar-refractivity contribution < 1.29 is 64.1 Å². The summed E-state index contributed by atoms with van der Waals surface area (Å²) in [7, 11) is 0. The Bertz CT molecular complexity index is 477. The molecule has 0 aromatic rings. The van der Waals surface area contributed by atoms with Crippen LogP contribution in [0.15, 0.2) is 0 Å². The molecule has 2 rings (SSSR count). The molecular weight excluding hydrogens is 375 g/mol. The minimum Gasteiger partial charge on any atom is -0.870 e. The van der Waals surface area contributed by atoms with Crippen molar-refractivity contribution >= 4 is 23.5 Å². The first-order valence-electron chi connectivity index (χ1n) is 9.95. The van der Waals surface area contributed by atoms with Crippen LogP contribution in [0.1, 0.15) is 84.0 Å². The number of rotatable bonds is 5. The molecule has 156 valence electrons. The van der Waals surface area contributed by atoms with Gasteiger partial charge in [0.15, 0.2) is 0 Å². The maximum absolute atomic E-state index is 11.6. The molecule has 0 aromatic heterocycles. The van der Waals surface area contributed by atoms with Gasteiger partial charge in [-0.1, -0.05) is 51.4 Å². The summed E-state index contributed by atoms with van der Waals surface area (Å²) < 4.78 is 4.71. The van der Waals surface area contributed by atoms with Gasteiger partial charge >= 0.3 is 41.5 Å². The van der Waals surface area contributed by atoms with Crippen LogP contribution >= 0.6 is 0 Å². The van der Waals surface area contributed by atoms with E-state index in [9.17, 15) is 19.2 Å². The van der Waals surface area contributed by atoms with E-state index >= 15 is 0 Å². The van der Waals surface area contributed by atoms with Crippen molar-refractivity contribution in [2.45, 2.75) is 84.0 Å². The molecule has 0 unspecified atom stereocenters. The zero-order chi connectivity index (χ0) is 19.4. The summed E-state index contributed by atoms with van der Waals surface area (Å²) in [6.07, 6.45) is 12.1. The molecule has 0 heterocycles. The van der Waals surface area contributed by atoms with Crippen LogP contribution in [0.2, 0.25) is 0 Å². The molecular formula is C20H33NaO7. The SMILES string of the molecule is CCOC(=O)C(=O)C1CCCCCC1.O=C(O)C(=O)C1CCCCCC1.[Na+].[OH-]. The Hall–Kier alpha value is -0.760. The second-order valence-electron chi connectivity index (χ2n) is 7.13. The van der Waals surface area contributed by atoms with Crippen LogP contribution in [0, 0.1) is 11.8 Å². The average molecular weight is 408 g/mol. The summed E-state index contributed by atoms with van der Waals surface area (Å²) in [6.45, 7) is 2.01. The van der Waals surface area contributed by atoms with E-state index in [2.05, 4.69) is 0 Å². The number of hydrogen-bond donors (Lipinski definition) is 1. The van der Waals surface area contributed by atoms with Crippen LogP contribution < -0.4 is 29.6 Å². The van der Waals surface area contributed by atoms with Crippen LogP contribution in [0.3, 0.4) is 0 Å². The van der Waals surface area contributed by atoms with Gasteiger partial charge < -0.3 is 15.3 Å². The number of aliphatic carboxylic acids is 1. The number of Topliss-reactive ketones (excluding diaryl/α,β-unsaturated/α-hetero) is 2. The second kappa shape index (κ2) is 17.1. The predicted octanol–water partition coefficient (Wildman–Crippen LogP) is 0.527. The third kappa shape index (κ3) is 11.3. The second-order valence-corrected chi connectivity index (χ2v) is 7.13. The summed E-state index contributed by atoms with van der Waals surface area (Å²) >= 11 is 0. The predicted molar refractivity (Wildman–Crippen MR) is 98.6 cm³/mol. The number of carboxylic acid groups (broad SMARTS) is 1. The van der Waals surface area contributed by atoms with Crippen molar-refractivity contribution in [1.82, 2.24) is 0 Å². The van der Waals surface area contributed by atoms with Crippen molar-refractivity contribution in [3.63, 3.8) is 0 Å². The number of hydrogen-bond acceptors (Lipinski definition) is 6. The minimum atomic E-state index is -1.26. The first-order chi connectivity index (χ1) is 12.5. The molecule has 0 amide bonds. The number of ketones is 2. The summed E-state index contributed by atoms with van der Waals surface area (Å²) in [5, 5.41) is 8.48. The zero-order valence-corrected chi connectivity index (χ0v) is 19.3. The van der Waals surface area contributed by atoms with E-state index in [-0.39, 0.29) is 59.3 Å². The van der Waals surface area contributed by atoms with Gasteiger partial charge in [0, 0.05) is 11.8 Å². The monoisotopic (exact) mass is 408 g/mol. The van der Waals surface area contributed by atoms with E-state index < -0.39 is 17.7 Å². The summed E-state index contributed by atoms with van der Waals surface area (Å²) in [4.78, 5) is 44.2. The molecule has 2 aliphatic rings. The quantitative estimate of drug-likeness (QED) is 0.304. The number of carbonyl (C=O) groups excluding carboxylic acids is 3. The molecule has 0 aromatic carbocycles. The minimum absolute atomic E-state index is 0. The van der Waals surface area contributed by atoms with E-state index in [4.69, 9.17) is 9.84 Å². The van der Waals surface area contributed by atoms with Gasteiger partial charge in [-0.05, 0) is 32.6 Å². The van der Waals surface area contributed by atoms with Crippen molar-refractivity contribution in [1.29, 1.82) is 0 Å². The third-order valence-electron chi connectivity index (χ3n) is 5.14. The van der Waals surface area contributed by atoms with Gasteiger partial charge in [-0.3, -0.25) is 9.59 Å². The molecule has 28 heavy (non-hydrogen) atoms. The normalized spacial score (nSPS) is 17.9. The van der Waals surface area contributed by atoms with E-state index in [0.29, 0.717) is 0 Å². The molecule has 0 saturated heterocycles. The van der Waals surface area contributed by atoms with Crippen LogP contribution in [-0.4, -0.2) is 40.7 Å². The molecule has 0 atom stereocenters. The van der Waals surface area contributed by atoms with E-state index in [1.165, 1.54) is 12.8 Å². The molecule has 0 aliphatic heterocycles. The standard InChI is InChI=1S/C11H18O3.C9H14O3.Na.H2O/c1-2-14-11(13)10(12)9-7-5-3-4-6-8-9;10-8(9(11)12)7-5-3-1-2-4-6-7;;/h9H,2-8H2,1H3;7H,1-6H2,(H,11,12);;1H2/q;;+1;/p-1. The Labute approximate surface area is 189 Å². The first kappa shape index (κ1) is 29.4. The fourth-order valence-electron chi connectivity index (χ4n) is 3.63. The molecule has 0 bridgehead atoms. The molecule has 2 aliphatic carbocycles. The molecule has 7 nitrogen and oxygen atoms in total. The van der Waals surface area contributed by atoms with Gasteiger partial charge in [0.1, 0.15) is 0 Å². The Morgan fingerprint density at radius 3 is 1.43 bits per heavy atom. The van der Waals surface area contributed by atoms with Crippen molar-refractivity contribution in [3.05, 3.63) is 0 Å². The average Bonchev–Trinajstić information content (AvgIpc) is 3.06. The zero-order valence-electron chi connectivity index (χ0n) is 17.3. The Balaban J connectivity index is 0. The number of esters is 1. The van der Waals surface area contributed by atoms with Gasteiger partial charge in [-0.25, -0.2) is 9.59 Å². The smallest absolute Gasteiger partial charge is 0.870 e. The van der Waals surface area contributed by atoms with Crippen molar-refractivity contribution in [2.75, 3.05) is 6.61 Å². The molecule has 2 N–H and O–H groups in total. The Morgan fingerprint density at radius 2 is 1.11 bits per heavy atom. The molecule has 0 spiro atoms. The van der Waals surface area contributed by atoms with Crippen LogP contribution in [0.4, 0.5) is 0 Å². The number of ether oxygens (including phenoxy) is 1. The van der Waals surface area contributed by atoms with E-state index in [1.54, 1.807) is 6.92 Å². The number of carboxylic acids is 1. The Morgan fingerprint density at radius 1 is 0.750 bits per heavy atom. The fourth-order valence-corrected chi connectivity index (χ4v) is 3.63. The van der Waals surface area contributed by atoms with Gasteiger partial charge in [0.2, 0.25) is 11.6 Å². The third-order valence-corrected chi connectivity index (χ3v) is 5.14. The van der Waals surface area contributed by atoms with Gasteiger partial charge in [-0.15, -0.1) is 0 Å². The Kier molecular flexibility index (Phi) is 18.0. The van der Waals surface area contributed by atoms with Gasteiger partial charge in [0.05, 0.1) is 6.61 Å². The largest absolute Gasteiger partial charge is 1.00 e. The van der Waals surface area contributed by atoms with Crippen LogP contribution in [0.25, 0.3) is 0 Å². The molecule has 0 radical (unpaired) electrons. The van der Waals surface area contributed by atoms with Crippen LogP contribution in [0.5, 0.6) is 0 Å². The summed E-state index contributed by atoms with van der Waals surface area (Å²) in [5.41, 5.74) is 0. The van der Waals surface area contributed by atoms with E-state index in [0.717, 1.165) is 64.2 Å². The topological polar surface area (TPSA) is 128 Å². The first-order valence-corrected chi connectivity index (χ1v) is 9.95. The van der Waals surface area contributed by atoms with E-state index in [1.807, 2.05) is 0 Å².